The zero-order chi connectivity index (χ0) is 19.6. The number of nitro benzene ring substituents is 1. The molecule has 0 radical (unpaired) electrons. The summed E-state index contributed by atoms with van der Waals surface area (Å²) in [5.41, 5.74) is 1.41. The molecule has 0 atom stereocenters. The smallest absolute Gasteiger partial charge is 0.331 e. The number of halogens is 1. The van der Waals surface area contributed by atoms with Crippen molar-refractivity contribution in [3.05, 3.63) is 81.7 Å². The van der Waals surface area contributed by atoms with E-state index in [0.717, 1.165) is 11.6 Å². The number of nitrogens with one attached hydrogen (secondary N) is 1. The van der Waals surface area contributed by atoms with E-state index in [1.165, 1.54) is 42.5 Å². The predicted octanol–water partition coefficient (Wildman–Crippen LogP) is 2.65. The van der Waals surface area contributed by atoms with E-state index in [1.807, 2.05) is 0 Å². The minimum absolute atomic E-state index is 0.0490. The lowest BCUT2D eigenvalue weighted by molar-refractivity contribution is -0.384. The highest BCUT2D eigenvalue weighted by Crippen LogP contribution is 2.12. The van der Waals surface area contributed by atoms with E-state index in [4.69, 9.17) is 4.74 Å². The number of carbonyl (C=O) groups excluding carboxylic acids is 2. The first kappa shape index (κ1) is 19.8. The molecule has 0 aliphatic heterocycles. The third-order valence-corrected chi connectivity index (χ3v) is 3.51. The van der Waals surface area contributed by atoms with Crippen molar-refractivity contribution in [3.8, 4) is 0 Å². The molecule has 27 heavy (non-hydrogen) atoms. The number of rotatable bonds is 8. The van der Waals surface area contributed by atoms with Crippen LogP contribution in [0.2, 0.25) is 0 Å². The van der Waals surface area contributed by atoms with E-state index in [1.54, 1.807) is 12.1 Å². The van der Waals surface area contributed by atoms with Crippen LogP contribution in [0.25, 0.3) is 6.08 Å². The Kier molecular flexibility index (Phi) is 7.18. The Morgan fingerprint density at radius 3 is 2.41 bits per heavy atom. The number of amides is 1. The average molecular weight is 372 g/mol. The fraction of sp³-hybridized carbons (Fsp3) is 0.158. The van der Waals surface area contributed by atoms with Crippen LogP contribution in [0.4, 0.5) is 10.1 Å². The van der Waals surface area contributed by atoms with Crippen LogP contribution < -0.4 is 5.32 Å². The Labute approximate surface area is 154 Å². The molecule has 0 fully saturated rings. The Balaban J connectivity index is 1.68. The highest BCUT2D eigenvalue weighted by atomic mass is 19.1. The maximum atomic E-state index is 12.8. The molecule has 7 nitrogen and oxygen atoms in total. The number of nitrogens with zero attached hydrogens (tertiary/aromatic N) is 1. The summed E-state index contributed by atoms with van der Waals surface area (Å²) in [6.07, 6.45) is 3.09. The lowest BCUT2D eigenvalue weighted by atomic mass is 10.1. The number of benzene rings is 2. The summed E-state index contributed by atoms with van der Waals surface area (Å²) in [4.78, 5) is 33.3. The summed E-state index contributed by atoms with van der Waals surface area (Å²) in [5, 5.41) is 13.2. The van der Waals surface area contributed by atoms with Gasteiger partial charge in [0.15, 0.2) is 6.61 Å². The van der Waals surface area contributed by atoms with Gasteiger partial charge in [0.2, 0.25) is 0 Å². The van der Waals surface area contributed by atoms with E-state index in [2.05, 4.69) is 5.32 Å². The summed E-state index contributed by atoms with van der Waals surface area (Å²) >= 11 is 0. The van der Waals surface area contributed by atoms with Crippen molar-refractivity contribution in [1.82, 2.24) is 5.32 Å². The zero-order valence-electron chi connectivity index (χ0n) is 14.3. The molecule has 0 spiro atoms. The third kappa shape index (κ3) is 7.07. The van der Waals surface area contributed by atoms with Crippen LogP contribution in [-0.4, -0.2) is 30.0 Å². The topological polar surface area (TPSA) is 98.5 Å². The number of hydrogen-bond donors (Lipinski definition) is 1. The van der Waals surface area contributed by atoms with E-state index in [-0.39, 0.29) is 11.5 Å². The van der Waals surface area contributed by atoms with Gasteiger partial charge in [-0.3, -0.25) is 14.9 Å². The number of non-ortho nitro benzene ring substituents is 1. The zero-order valence-corrected chi connectivity index (χ0v) is 14.3. The van der Waals surface area contributed by atoms with Gasteiger partial charge in [-0.25, -0.2) is 9.18 Å². The van der Waals surface area contributed by atoms with Gasteiger partial charge in [0.1, 0.15) is 5.82 Å². The van der Waals surface area contributed by atoms with Crippen molar-refractivity contribution < 1.29 is 23.6 Å². The van der Waals surface area contributed by atoms with Gasteiger partial charge in [-0.15, -0.1) is 0 Å². The fourth-order valence-electron chi connectivity index (χ4n) is 2.10. The number of ether oxygens (including phenoxy) is 1. The molecule has 0 aliphatic rings. The molecule has 140 valence electrons. The molecule has 0 unspecified atom stereocenters. The van der Waals surface area contributed by atoms with Crippen LogP contribution in [0.3, 0.4) is 0 Å². The molecule has 2 rings (SSSR count). The summed E-state index contributed by atoms with van der Waals surface area (Å²) < 4.78 is 17.6. The molecule has 0 saturated heterocycles. The van der Waals surface area contributed by atoms with Crippen LogP contribution >= 0.6 is 0 Å². The number of hydrogen-bond acceptors (Lipinski definition) is 5. The summed E-state index contributed by atoms with van der Waals surface area (Å²) in [6.45, 7) is -0.0898. The van der Waals surface area contributed by atoms with Crippen molar-refractivity contribution in [2.24, 2.45) is 0 Å². The normalized spacial score (nSPS) is 10.6. The third-order valence-electron chi connectivity index (χ3n) is 3.51. The maximum absolute atomic E-state index is 12.8. The van der Waals surface area contributed by atoms with Crippen LogP contribution in [0.15, 0.2) is 54.6 Å². The van der Waals surface area contributed by atoms with Crippen LogP contribution in [-0.2, 0) is 20.7 Å². The Bertz CT molecular complexity index is 832. The highest BCUT2D eigenvalue weighted by Gasteiger charge is 2.06. The first-order valence-corrected chi connectivity index (χ1v) is 8.04. The molecule has 0 aliphatic carbocycles. The van der Waals surface area contributed by atoms with Gasteiger partial charge < -0.3 is 10.1 Å². The van der Waals surface area contributed by atoms with Crippen molar-refractivity contribution in [2.75, 3.05) is 13.2 Å². The molecule has 0 saturated carbocycles. The number of carbonyl (C=O) groups is 2. The van der Waals surface area contributed by atoms with Gasteiger partial charge in [-0.05, 0) is 47.9 Å². The second-order valence-electron chi connectivity index (χ2n) is 5.52. The molecule has 2 aromatic carbocycles. The molecule has 1 N–H and O–H groups in total. The summed E-state index contributed by atoms with van der Waals surface area (Å²) in [7, 11) is 0. The standard InChI is InChI=1S/C19H17FN2O5/c20-16-6-1-15(2-7-16)11-12-21-18(23)13-27-19(24)10-5-14-3-8-17(9-4-14)22(25)26/h1-10H,11-13H2,(H,21,23)/b10-5+. The van der Waals surface area contributed by atoms with Gasteiger partial charge in [-0.2, -0.15) is 0 Å². The van der Waals surface area contributed by atoms with Crippen molar-refractivity contribution in [1.29, 1.82) is 0 Å². The largest absolute Gasteiger partial charge is 0.452 e. The van der Waals surface area contributed by atoms with E-state index in [9.17, 15) is 24.1 Å². The minimum atomic E-state index is -0.706. The van der Waals surface area contributed by atoms with Gasteiger partial charge in [0.05, 0.1) is 4.92 Å². The van der Waals surface area contributed by atoms with Crippen molar-refractivity contribution in [2.45, 2.75) is 6.42 Å². The molecular weight excluding hydrogens is 355 g/mol. The Hall–Kier alpha value is -3.55. The van der Waals surface area contributed by atoms with Crippen LogP contribution in [0.1, 0.15) is 11.1 Å². The molecule has 1 amide bonds. The molecular formula is C19H17FN2O5. The highest BCUT2D eigenvalue weighted by molar-refractivity contribution is 5.89. The predicted molar refractivity (Wildman–Crippen MR) is 96.2 cm³/mol. The molecule has 0 aromatic heterocycles. The first-order chi connectivity index (χ1) is 12.9. The lowest BCUT2D eigenvalue weighted by Crippen LogP contribution is -2.30. The second kappa shape index (κ2) is 9.81. The molecule has 2 aromatic rings. The second-order valence-corrected chi connectivity index (χ2v) is 5.52. The van der Waals surface area contributed by atoms with Crippen molar-refractivity contribution >= 4 is 23.6 Å². The van der Waals surface area contributed by atoms with Crippen LogP contribution in [0, 0.1) is 15.9 Å². The molecule has 0 bridgehead atoms. The SMILES string of the molecule is O=C(COC(=O)/C=C/c1ccc([N+](=O)[O-])cc1)NCCc1ccc(F)cc1. The number of esters is 1. The van der Waals surface area contributed by atoms with Gasteiger partial charge in [-0.1, -0.05) is 12.1 Å². The maximum Gasteiger partial charge on any atom is 0.331 e. The average Bonchev–Trinajstić information content (AvgIpc) is 2.66. The molecule has 0 heterocycles. The monoisotopic (exact) mass is 372 g/mol. The fourth-order valence-corrected chi connectivity index (χ4v) is 2.10. The van der Waals surface area contributed by atoms with E-state index >= 15 is 0 Å². The quantitative estimate of drug-likeness (QED) is 0.332. The molecule has 8 heteroatoms. The number of nitro groups is 1. The van der Waals surface area contributed by atoms with Gasteiger partial charge >= 0.3 is 5.97 Å². The summed E-state index contributed by atoms with van der Waals surface area (Å²) in [5.74, 6) is -1.48. The Morgan fingerprint density at radius 2 is 1.78 bits per heavy atom. The van der Waals surface area contributed by atoms with Crippen molar-refractivity contribution in [3.63, 3.8) is 0 Å². The van der Waals surface area contributed by atoms with Gasteiger partial charge in [0, 0.05) is 24.8 Å². The van der Waals surface area contributed by atoms with E-state index < -0.39 is 23.4 Å². The van der Waals surface area contributed by atoms with Crippen LogP contribution in [0.5, 0.6) is 0 Å². The van der Waals surface area contributed by atoms with Gasteiger partial charge in [0.25, 0.3) is 11.6 Å². The summed E-state index contributed by atoms with van der Waals surface area (Å²) in [6, 6.07) is 11.6. The minimum Gasteiger partial charge on any atom is -0.452 e. The lowest BCUT2D eigenvalue weighted by Gasteiger charge is -2.05. The first-order valence-electron chi connectivity index (χ1n) is 8.04. The Morgan fingerprint density at radius 1 is 1.11 bits per heavy atom. The van der Waals surface area contributed by atoms with E-state index in [0.29, 0.717) is 18.5 Å².